The SMILES string of the molecule is Cc1cc(-n2c3ccccc3c3ccc(Oc4cccc(N5CN(c6cc(C(C)(C)C)cc(C(C)(C)C)c6)c6ccccc65)c4)cc32)ncc1-c1ccc(-n2c3ccccc3c3ccccc32)cc1. The molecule has 0 saturated carbocycles. The standard InChI is InChI=1S/C63H55N5O/c1-41-33-61(64-39-54(41)42-27-29-45(30-28-42)67-55-22-11-8-19-50(55)51-20-9-12-23-56(51)67)68-57-24-13-10-21-52(57)53-32-31-49(38-60(53)68)69-48-18-16-17-46(37-48)65-40-66(59-26-15-14-25-58(59)65)47-35-43(62(2,3)4)34-44(36-47)63(5,6)7/h8-39H,40H2,1-7H3. The Morgan fingerprint density at radius 3 is 1.57 bits per heavy atom. The molecule has 338 valence electrons. The van der Waals surface area contributed by atoms with E-state index in [4.69, 9.17) is 9.72 Å². The van der Waals surface area contributed by atoms with Crippen molar-refractivity contribution in [1.29, 1.82) is 0 Å². The monoisotopic (exact) mass is 897 g/mol. The molecular formula is C63H55N5O. The number of pyridine rings is 1. The van der Waals surface area contributed by atoms with Crippen LogP contribution in [-0.2, 0) is 10.8 Å². The van der Waals surface area contributed by atoms with Crippen molar-refractivity contribution in [3.63, 3.8) is 0 Å². The van der Waals surface area contributed by atoms with Crippen molar-refractivity contribution in [3.8, 4) is 34.1 Å². The number of para-hydroxylation sites is 5. The Kier molecular flexibility index (Phi) is 9.82. The predicted molar refractivity (Wildman–Crippen MR) is 289 cm³/mol. The summed E-state index contributed by atoms with van der Waals surface area (Å²) in [4.78, 5) is 10.0. The second-order valence-electron chi connectivity index (χ2n) is 20.7. The van der Waals surface area contributed by atoms with Gasteiger partial charge in [-0.25, -0.2) is 4.98 Å². The molecule has 4 heterocycles. The molecule has 12 rings (SSSR count). The zero-order chi connectivity index (χ0) is 47.2. The highest BCUT2D eigenvalue weighted by Gasteiger charge is 2.30. The lowest BCUT2D eigenvalue weighted by Gasteiger charge is -2.29. The minimum Gasteiger partial charge on any atom is -0.457 e. The van der Waals surface area contributed by atoms with Crippen LogP contribution >= 0.6 is 0 Å². The molecule has 6 heteroatoms. The number of ether oxygens (including phenoxy) is 1. The van der Waals surface area contributed by atoms with Gasteiger partial charge in [-0.15, -0.1) is 0 Å². The van der Waals surface area contributed by atoms with Gasteiger partial charge in [-0.2, -0.15) is 0 Å². The second-order valence-corrected chi connectivity index (χ2v) is 20.7. The molecule has 0 radical (unpaired) electrons. The first-order chi connectivity index (χ1) is 33.4. The van der Waals surface area contributed by atoms with Crippen molar-refractivity contribution in [3.05, 3.63) is 211 Å². The minimum atomic E-state index is 0.0167. The molecule has 0 saturated heterocycles. The second kappa shape index (κ2) is 16.0. The molecule has 0 amide bonds. The lowest BCUT2D eigenvalue weighted by molar-refractivity contribution is 0.483. The Balaban J connectivity index is 0.856. The smallest absolute Gasteiger partial charge is 0.137 e. The van der Waals surface area contributed by atoms with Gasteiger partial charge in [-0.3, -0.25) is 4.57 Å². The number of rotatable bonds is 7. The van der Waals surface area contributed by atoms with E-state index in [9.17, 15) is 0 Å². The van der Waals surface area contributed by atoms with Crippen molar-refractivity contribution in [1.82, 2.24) is 14.1 Å². The molecule has 1 aliphatic heterocycles. The summed E-state index contributed by atoms with van der Waals surface area (Å²) in [7, 11) is 0. The van der Waals surface area contributed by atoms with E-state index in [0.717, 1.165) is 61.8 Å². The minimum absolute atomic E-state index is 0.0167. The van der Waals surface area contributed by atoms with Crippen LogP contribution in [0.5, 0.6) is 11.5 Å². The molecule has 0 fully saturated rings. The quantitative estimate of drug-likeness (QED) is 0.160. The van der Waals surface area contributed by atoms with Gasteiger partial charge >= 0.3 is 0 Å². The van der Waals surface area contributed by atoms with Gasteiger partial charge in [-0.1, -0.05) is 133 Å². The van der Waals surface area contributed by atoms with E-state index in [2.05, 4.69) is 249 Å². The highest BCUT2D eigenvalue weighted by molar-refractivity contribution is 6.10. The van der Waals surface area contributed by atoms with Gasteiger partial charge in [0.15, 0.2) is 0 Å². The van der Waals surface area contributed by atoms with Gasteiger partial charge in [-0.05, 0) is 125 Å². The van der Waals surface area contributed by atoms with Gasteiger partial charge in [0.05, 0.1) is 33.4 Å². The maximum atomic E-state index is 6.79. The van der Waals surface area contributed by atoms with E-state index in [1.54, 1.807) is 0 Å². The lowest BCUT2D eigenvalue weighted by Crippen LogP contribution is -2.25. The van der Waals surface area contributed by atoms with Crippen molar-refractivity contribution in [2.75, 3.05) is 16.5 Å². The van der Waals surface area contributed by atoms with Crippen LogP contribution in [0.2, 0.25) is 0 Å². The number of aryl methyl sites for hydroxylation is 1. The van der Waals surface area contributed by atoms with Gasteiger partial charge in [0, 0.05) is 62.5 Å². The molecule has 3 aromatic heterocycles. The molecule has 69 heavy (non-hydrogen) atoms. The summed E-state index contributed by atoms with van der Waals surface area (Å²) in [6.07, 6.45) is 2.02. The summed E-state index contributed by atoms with van der Waals surface area (Å²) < 4.78 is 11.4. The largest absolute Gasteiger partial charge is 0.457 e. The zero-order valence-corrected chi connectivity index (χ0v) is 40.3. The van der Waals surface area contributed by atoms with Crippen LogP contribution in [0.15, 0.2) is 194 Å². The van der Waals surface area contributed by atoms with E-state index in [1.807, 2.05) is 12.3 Å². The van der Waals surface area contributed by atoms with Crippen LogP contribution in [0.25, 0.3) is 66.2 Å². The third-order valence-corrected chi connectivity index (χ3v) is 14.1. The summed E-state index contributed by atoms with van der Waals surface area (Å²) in [5.74, 6) is 2.40. The number of anilines is 4. The number of hydrogen-bond donors (Lipinski definition) is 0. The summed E-state index contributed by atoms with van der Waals surface area (Å²) in [5.41, 5.74) is 16.4. The highest BCUT2D eigenvalue weighted by atomic mass is 16.5. The third-order valence-electron chi connectivity index (χ3n) is 14.1. The normalized spacial score (nSPS) is 13.0. The van der Waals surface area contributed by atoms with Crippen LogP contribution in [0.1, 0.15) is 58.2 Å². The van der Waals surface area contributed by atoms with Crippen LogP contribution in [0, 0.1) is 6.92 Å². The van der Waals surface area contributed by atoms with E-state index < -0.39 is 0 Å². The van der Waals surface area contributed by atoms with Crippen LogP contribution in [0.3, 0.4) is 0 Å². The third kappa shape index (κ3) is 7.30. The van der Waals surface area contributed by atoms with Crippen molar-refractivity contribution in [2.45, 2.75) is 59.3 Å². The fourth-order valence-corrected chi connectivity index (χ4v) is 10.4. The number of aromatic nitrogens is 3. The number of hydrogen-bond acceptors (Lipinski definition) is 4. The Labute approximate surface area is 404 Å². The Morgan fingerprint density at radius 2 is 0.971 bits per heavy atom. The van der Waals surface area contributed by atoms with Crippen LogP contribution in [-0.4, -0.2) is 20.8 Å². The summed E-state index contributed by atoms with van der Waals surface area (Å²) in [6.45, 7) is 16.7. The maximum Gasteiger partial charge on any atom is 0.137 e. The molecule has 8 aromatic carbocycles. The van der Waals surface area contributed by atoms with Gasteiger partial charge < -0.3 is 19.1 Å². The summed E-state index contributed by atoms with van der Waals surface area (Å²) in [5, 5.41) is 4.84. The van der Waals surface area contributed by atoms with Crippen molar-refractivity contribution in [2.24, 2.45) is 0 Å². The van der Waals surface area contributed by atoms with Gasteiger partial charge in [0.25, 0.3) is 0 Å². The molecule has 0 aliphatic carbocycles. The molecule has 0 atom stereocenters. The number of fused-ring (bicyclic) bond motifs is 7. The molecule has 0 bridgehead atoms. The topological polar surface area (TPSA) is 38.5 Å². The molecule has 11 aromatic rings. The zero-order valence-electron chi connectivity index (χ0n) is 40.3. The van der Waals surface area contributed by atoms with Crippen LogP contribution in [0.4, 0.5) is 22.7 Å². The highest BCUT2D eigenvalue weighted by Crippen LogP contribution is 2.47. The predicted octanol–water partition coefficient (Wildman–Crippen LogP) is 16.9. The molecule has 6 nitrogen and oxygen atoms in total. The summed E-state index contributed by atoms with van der Waals surface area (Å²) >= 11 is 0. The fourth-order valence-electron chi connectivity index (χ4n) is 10.4. The molecule has 0 N–H and O–H groups in total. The first kappa shape index (κ1) is 42.3. The fraction of sp³-hybridized carbons (Fsp3) is 0.159. The number of nitrogens with zero attached hydrogens (tertiary/aromatic N) is 5. The van der Waals surface area contributed by atoms with E-state index in [-0.39, 0.29) is 10.8 Å². The van der Waals surface area contributed by atoms with Crippen LogP contribution < -0.4 is 14.5 Å². The van der Waals surface area contributed by atoms with E-state index in [1.165, 1.54) is 55.4 Å². The van der Waals surface area contributed by atoms with Crippen molar-refractivity contribution >= 4 is 66.4 Å². The number of benzene rings is 8. The Hall–Kier alpha value is -8.09. The van der Waals surface area contributed by atoms with Crippen molar-refractivity contribution < 1.29 is 4.74 Å². The molecular weight excluding hydrogens is 843 g/mol. The van der Waals surface area contributed by atoms with E-state index >= 15 is 0 Å². The summed E-state index contributed by atoms with van der Waals surface area (Å²) in [6, 6.07) is 67.7. The lowest BCUT2D eigenvalue weighted by atomic mass is 9.80. The van der Waals surface area contributed by atoms with Gasteiger partial charge in [0.1, 0.15) is 24.0 Å². The first-order valence-corrected chi connectivity index (χ1v) is 24.0. The first-order valence-electron chi connectivity index (χ1n) is 24.0. The average molecular weight is 898 g/mol. The molecule has 0 spiro atoms. The Bertz CT molecular complexity index is 3700. The van der Waals surface area contributed by atoms with Gasteiger partial charge in [0.2, 0.25) is 0 Å². The maximum absolute atomic E-state index is 6.79. The van der Waals surface area contributed by atoms with E-state index in [0.29, 0.717) is 6.67 Å². The Morgan fingerprint density at radius 1 is 0.435 bits per heavy atom. The molecule has 0 unspecified atom stereocenters. The average Bonchev–Trinajstić information content (AvgIpc) is 4.02. The molecule has 1 aliphatic rings.